The lowest BCUT2D eigenvalue weighted by Crippen LogP contribution is -2.33. The Morgan fingerprint density at radius 1 is 1.29 bits per heavy atom. The zero-order valence-corrected chi connectivity index (χ0v) is 11.2. The van der Waals surface area contributed by atoms with Crippen LogP contribution < -0.4 is 5.32 Å². The van der Waals surface area contributed by atoms with Gasteiger partial charge in [0.25, 0.3) is 0 Å². The minimum Gasteiger partial charge on any atom is -0.308 e. The number of aryl methyl sites for hydroxylation is 1. The fourth-order valence-corrected chi connectivity index (χ4v) is 2.82. The summed E-state index contributed by atoms with van der Waals surface area (Å²) in [5.74, 6) is 0.981. The SMILES string of the molecule is CCC1CCC(NCc2ccnn2CC)CC1. The maximum Gasteiger partial charge on any atom is 0.0522 e. The van der Waals surface area contributed by atoms with Gasteiger partial charge in [0.15, 0.2) is 0 Å². The lowest BCUT2D eigenvalue weighted by atomic mass is 9.84. The Morgan fingerprint density at radius 2 is 2.06 bits per heavy atom. The van der Waals surface area contributed by atoms with Crippen molar-refractivity contribution < 1.29 is 0 Å². The van der Waals surface area contributed by atoms with Gasteiger partial charge in [-0.15, -0.1) is 0 Å². The predicted octanol–water partition coefficient (Wildman–Crippen LogP) is 2.96. The highest BCUT2D eigenvalue weighted by Crippen LogP contribution is 2.26. The largest absolute Gasteiger partial charge is 0.308 e. The monoisotopic (exact) mass is 235 g/mol. The summed E-state index contributed by atoms with van der Waals surface area (Å²) in [7, 11) is 0. The minimum absolute atomic E-state index is 0.720. The first kappa shape index (κ1) is 12.6. The Balaban J connectivity index is 1.76. The predicted molar refractivity (Wildman–Crippen MR) is 70.8 cm³/mol. The molecule has 1 N–H and O–H groups in total. The third-order valence-corrected chi connectivity index (χ3v) is 4.10. The van der Waals surface area contributed by atoms with Crippen LogP contribution in [0.3, 0.4) is 0 Å². The van der Waals surface area contributed by atoms with Crippen LogP contribution in [0, 0.1) is 5.92 Å². The fraction of sp³-hybridized carbons (Fsp3) is 0.786. The van der Waals surface area contributed by atoms with E-state index in [1.165, 1.54) is 37.8 Å². The summed E-state index contributed by atoms with van der Waals surface area (Å²) in [4.78, 5) is 0. The summed E-state index contributed by atoms with van der Waals surface area (Å²) < 4.78 is 2.07. The van der Waals surface area contributed by atoms with E-state index in [9.17, 15) is 0 Å². The van der Waals surface area contributed by atoms with Crippen LogP contribution in [0.4, 0.5) is 0 Å². The smallest absolute Gasteiger partial charge is 0.0522 e. The Morgan fingerprint density at radius 3 is 2.71 bits per heavy atom. The molecular formula is C14H25N3. The second kappa shape index (κ2) is 6.20. The highest BCUT2D eigenvalue weighted by molar-refractivity contribution is 5.00. The first-order valence-corrected chi connectivity index (χ1v) is 7.07. The van der Waals surface area contributed by atoms with Crippen molar-refractivity contribution in [3.63, 3.8) is 0 Å². The van der Waals surface area contributed by atoms with Gasteiger partial charge in [0.2, 0.25) is 0 Å². The van der Waals surface area contributed by atoms with Gasteiger partial charge in [-0.25, -0.2) is 0 Å². The van der Waals surface area contributed by atoms with E-state index < -0.39 is 0 Å². The number of hydrogen-bond donors (Lipinski definition) is 1. The molecule has 0 atom stereocenters. The summed E-state index contributed by atoms with van der Waals surface area (Å²) in [6.45, 7) is 6.39. The molecule has 1 saturated carbocycles. The molecule has 0 spiro atoms. The van der Waals surface area contributed by atoms with Crippen LogP contribution in [-0.2, 0) is 13.1 Å². The number of aromatic nitrogens is 2. The van der Waals surface area contributed by atoms with Crippen LogP contribution >= 0.6 is 0 Å². The van der Waals surface area contributed by atoms with E-state index >= 15 is 0 Å². The Hall–Kier alpha value is -0.830. The molecule has 0 aromatic carbocycles. The number of rotatable bonds is 5. The molecule has 1 aliphatic rings. The molecule has 2 rings (SSSR count). The third-order valence-electron chi connectivity index (χ3n) is 4.10. The van der Waals surface area contributed by atoms with Crippen LogP contribution in [0.5, 0.6) is 0 Å². The van der Waals surface area contributed by atoms with Crippen molar-refractivity contribution in [2.24, 2.45) is 5.92 Å². The molecular weight excluding hydrogens is 210 g/mol. The molecule has 1 aromatic rings. The normalized spacial score (nSPS) is 25.1. The van der Waals surface area contributed by atoms with E-state index in [2.05, 4.69) is 35.0 Å². The maximum atomic E-state index is 4.30. The standard InChI is InChI=1S/C14H25N3/c1-3-12-5-7-13(8-6-12)15-11-14-9-10-16-17(14)4-2/h9-10,12-13,15H,3-8,11H2,1-2H3. The van der Waals surface area contributed by atoms with E-state index in [0.717, 1.165) is 25.0 Å². The molecule has 96 valence electrons. The van der Waals surface area contributed by atoms with E-state index in [1.807, 2.05) is 6.20 Å². The van der Waals surface area contributed by atoms with Crippen LogP contribution in [0.25, 0.3) is 0 Å². The molecule has 1 heterocycles. The highest BCUT2D eigenvalue weighted by Gasteiger charge is 2.19. The van der Waals surface area contributed by atoms with Gasteiger partial charge in [0, 0.05) is 25.3 Å². The Labute approximate surface area is 105 Å². The van der Waals surface area contributed by atoms with E-state index in [0.29, 0.717) is 0 Å². The van der Waals surface area contributed by atoms with Gasteiger partial charge in [0.1, 0.15) is 0 Å². The zero-order chi connectivity index (χ0) is 12.1. The quantitative estimate of drug-likeness (QED) is 0.850. The van der Waals surface area contributed by atoms with Crippen LogP contribution in [0.15, 0.2) is 12.3 Å². The topological polar surface area (TPSA) is 29.9 Å². The summed E-state index contributed by atoms with van der Waals surface area (Å²) >= 11 is 0. The maximum absolute atomic E-state index is 4.30. The average Bonchev–Trinajstić information content (AvgIpc) is 2.84. The van der Waals surface area contributed by atoms with Crippen LogP contribution in [0.1, 0.15) is 51.6 Å². The van der Waals surface area contributed by atoms with Gasteiger partial charge in [-0.1, -0.05) is 13.3 Å². The summed E-state index contributed by atoms with van der Waals surface area (Å²) in [5, 5.41) is 7.98. The highest BCUT2D eigenvalue weighted by atomic mass is 15.3. The molecule has 0 bridgehead atoms. The molecule has 0 saturated heterocycles. The van der Waals surface area contributed by atoms with Gasteiger partial charge < -0.3 is 5.32 Å². The zero-order valence-electron chi connectivity index (χ0n) is 11.2. The third kappa shape index (κ3) is 3.32. The molecule has 1 aliphatic carbocycles. The van der Waals surface area contributed by atoms with Crippen molar-refractivity contribution in [1.29, 1.82) is 0 Å². The van der Waals surface area contributed by atoms with E-state index in [-0.39, 0.29) is 0 Å². The number of nitrogens with zero attached hydrogens (tertiary/aromatic N) is 2. The number of nitrogens with one attached hydrogen (secondary N) is 1. The van der Waals surface area contributed by atoms with Gasteiger partial charge >= 0.3 is 0 Å². The summed E-state index contributed by atoms with van der Waals surface area (Å²) in [6, 6.07) is 2.84. The lowest BCUT2D eigenvalue weighted by molar-refractivity contribution is 0.283. The summed E-state index contributed by atoms with van der Waals surface area (Å²) in [6.07, 6.45) is 8.75. The molecule has 0 aliphatic heterocycles. The first-order valence-electron chi connectivity index (χ1n) is 7.07. The van der Waals surface area contributed by atoms with E-state index in [1.54, 1.807) is 0 Å². The molecule has 17 heavy (non-hydrogen) atoms. The molecule has 1 fully saturated rings. The van der Waals surface area contributed by atoms with Gasteiger partial charge in [0.05, 0.1) is 5.69 Å². The summed E-state index contributed by atoms with van der Waals surface area (Å²) in [5.41, 5.74) is 1.31. The van der Waals surface area contributed by atoms with Crippen LogP contribution in [-0.4, -0.2) is 15.8 Å². The molecule has 3 nitrogen and oxygen atoms in total. The molecule has 0 radical (unpaired) electrons. The Bertz CT molecular complexity index is 324. The Kier molecular flexibility index (Phi) is 4.60. The second-order valence-corrected chi connectivity index (χ2v) is 5.15. The molecule has 3 heteroatoms. The van der Waals surface area contributed by atoms with Gasteiger partial charge in [-0.3, -0.25) is 4.68 Å². The van der Waals surface area contributed by atoms with Crippen molar-refractivity contribution in [1.82, 2.24) is 15.1 Å². The molecule has 0 unspecified atom stereocenters. The lowest BCUT2D eigenvalue weighted by Gasteiger charge is -2.28. The number of hydrogen-bond acceptors (Lipinski definition) is 2. The van der Waals surface area contributed by atoms with E-state index in [4.69, 9.17) is 0 Å². The second-order valence-electron chi connectivity index (χ2n) is 5.15. The van der Waals surface area contributed by atoms with Gasteiger partial charge in [-0.05, 0) is 44.6 Å². The van der Waals surface area contributed by atoms with Crippen LogP contribution in [0.2, 0.25) is 0 Å². The van der Waals surface area contributed by atoms with Crippen molar-refractivity contribution >= 4 is 0 Å². The van der Waals surface area contributed by atoms with Crippen molar-refractivity contribution in [3.05, 3.63) is 18.0 Å². The average molecular weight is 235 g/mol. The molecule has 1 aromatic heterocycles. The van der Waals surface area contributed by atoms with Crippen molar-refractivity contribution in [2.75, 3.05) is 0 Å². The fourth-order valence-electron chi connectivity index (χ4n) is 2.82. The first-order chi connectivity index (χ1) is 8.33. The minimum atomic E-state index is 0.720. The van der Waals surface area contributed by atoms with Crippen molar-refractivity contribution in [2.45, 2.75) is 65.1 Å². The molecule has 0 amide bonds. The van der Waals surface area contributed by atoms with Gasteiger partial charge in [-0.2, -0.15) is 5.10 Å². The van der Waals surface area contributed by atoms with Crippen molar-refractivity contribution in [3.8, 4) is 0 Å².